The number of rotatable bonds is 7. The van der Waals surface area contributed by atoms with Gasteiger partial charge in [-0.05, 0) is 87.3 Å². The number of hydrogen-bond donors (Lipinski definition) is 4. The maximum absolute atomic E-state index is 13.7. The Morgan fingerprint density at radius 3 is 1.88 bits per heavy atom. The lowest BCUT2D eigenvalue weighted by molar-refractivity contribution is -0.137. The van der Waals surface area contributed by atoms with Crippen molar-refractivity contribution >= 4 is 35.0 Å². The highest BCUT2D eigenvalue weighted by atomic mass is 16.5. The second-order valence-corrected chi connectivity index (χ2v) is 15.3. The average Bonchev–Trinajstić information content (AvgIpc) is 4.07. The summed E-state index contributed by atoms with van der Waals surface area (Å²) in [5.41, 5.74) is 5.24. The van der Waals surface area contributed by atoms with E-state index in [9.17, 15) is 19.2 Å². The summed E-state index contributed by atoms with van der Waals surface area (Å²) in [5, 5.41) is 5.71. The molecule has 4 heterocycles. The molecule has 292 valence electrons. The van der Waals surface area contributed by atoms with E-state index in [-0.39, 0.29) is 47.8 Å². The molecule has 8 rings (SSSR count). The number of imidazole rings is 2. The van der Waals surface area contributed by atoms with Crippen molar-refractivity contribution in [2.24, 2.45) is 11.8 Å². The van der Waals surface area contributed by atoms with Crippen molar-refractivity contribution in [2.75, 3.05) is 27.3 Å². The average molecular weight is 761 g/mol. The molecule has 14 nitrogen and oxygen atoms in total. The Labute approximate surface area is 325 Å². The first-order chi connectivity index (χ1) is 27.3. The summed E-state index contributed by atoms with van der Waals surface area (Å²) in [6.07, 6.45) is 9.07. The Kier molecular flexibility index (Phi) is 10.7. The predicted octanol–water partition coefficient (Wildman–Crippen LogP) is 5.73. The third-order valence-corrected chi connectivity index (χ3v) is 12.0. The number of H-pyrrole nitrogens is 2. The van der Waals surface area contributed by atoms with Crippen LogP contribution in [0.1, 0.15) is 99.1 Å². The van der Waals surface area contributed by atoms with E-state index in [0.29, 0.717) is 13.1 Å². The van der Waals surface area contributed by atoms with E-state index < -0.39 is 12.2 Å². The van der Waals surface area contributed by atoms with Gasteiger partial charge in [-0.15, -0.1) is 0 Å². The lowest BCUT2D eigenvalue weighted by Gasteiger charge is -2.29. The normalized spacial score (nSPS) is 24.5. The number of aromatic amines is 2. The maximum atomic E-state index is 13.7. The molecule has 0 unspecified atom stereocenters. The molecule has 0 bridgehead atoms. The van der Waals surface area contributed by atoms with Gasteiger partial charge in [-0.3, -0.25) is 9.59 Å². The zero-order valence-electron chi connectivity index (χ0n) is 31.8. The summed E-state index contributed by atoms with van der Waals surface area (Å²) >= 11 is 0. The molecule has 2 aromatic heterocycles. The molecule has 2 aliphatic heterocycles. The molecule has 4 N–H and O–H groups in total. The van der Waals surface area contributed by atoms with Crippen LogP contribution in [0.2, 0.25) is 0 Å². The third-order valence-electron chi connectivity index (χ3n) is 12.0. The van der Waals surface area contributed by atoms with Gasteiger partial charge in [-0.2, -0.15) is 0 Å². The minimum absolute atomic E-state index is 0.0645. The van der Waals surface area contributed by atoms with Crippen LogP contribution in [0, 0.1) is 23.7 Å². The molecular formula is C42H48N8O6. The summed E-state index contributed by atoms with van der Waals surface area (Å²) in [6, 6.07) is 13.2. The van der Waals surface area contributed by atoms with E-state index in [1.807, 2.05) is 58.5 Å². The van der Waals surface area contributed by atoms with Gasteiger partial charge < -0.3 is 39.9 Å². The number of amides is 4. The van der Waals surface area contributed by atoms with Gasteiger partial charge in [-0.1, -0.05) is 36.8 Å². The maximum Gasteiger partial charge on any atom is 0.407 e. The highest BCUT2D eigenvalue weighted by molar-refractivity contribution is 5.83. The van der Waals surface area contributed by atoms with Crippen LogP contribution in [0.4, 0.5) is 9.59 Å². The molecule has 6 atom stereocenters. The summed E-state index contributed by atoms with van der Waals surface area (Å²) in [5.74, 6) is 7.71. The monoisotopic (exact) mass is 760 g/mol. The van der Waals surface area contributed by atoms with Crippen LogP contribution in [0.15, 0.2) is 48.7 Å². The van der Waals surface area contributed by atoms with Crippen molar-refractivity contribution in [1.82, 2.24) is 40.4 Å². The van der Waals surface area contributed by atoms with Gasteiger partial charge in [0.2, 0.25) is 11.8 Å². The lowest BCUT2D eigenvalue weighted by Crippen LogP contribution is -2.45. The standard InChI is InChI=1S/C42H48N8O6/c1-55-41(53)47-30-9-3-7-28(30)39(51)49-21-5-11-35(49)37-43-24-34(46-37)27-18-15-25(16-19-27)13-14-26-17-20-32-33(23-26)45-38(44-32)36-12-6-22-50(36)40(52)29-8-4-10-31(29)48-42(54)56-2/h15-20,23-24,28-31,35-36H,3-12,21-22H2,1-2H3,(H,43,46)(H,44,45)(H,47,53)(H,48,54)/t28-,29-,30-,31-,35+,36+/m1/s1. The molecule has 2 aromatic carbocycles. The van der Waals surface area contributed by atoms with E-state index in [0.717, 1.165) is 109 Å². The Balaban J connectivity index is 0.910. The predicted molar refractivity (Wildman–Crippen MR) is 207 cm³/mol. The number of fused-ring (bicyclic) bond motifs is 1. The van der Waals surface area contributed by atoms with E-state index in [4.69, 9.17) is 19.4 Å². The summed E-state index contributed by atoms with van der Waals surface area (Å²) in [4.78, 5) is 71.5. The van der Waals surface area contributed by atoms with Crippen LogP contribution in [-0.2, 0) is 19.1 Å². The van der Waals surface area contributed by atoms with Gasteiger partial charge in [0.15, 0.2) is 0 Å². The molecule has 2 saturated heterocycles. The fourth-order valence-electron chi connectivity index (χ4n) is 9.13. The van der Waals surface area contributed by atoms with Crippen LogP contribution >= 0.6 is 0 Å². The molecule has 4 fully saturated rings. The minimum Gasteiger partial charge on any atom is -0.453 e. The number of nitrogens with zero attached hydrogens (tertiary/aromatic N) is 4. The first-order valence-electron chi connectivity index (χ1n) is 19.8. The first kappa shape index (κ1) is 37.1. The summed E-state index contributed by atoms with van der Waals surface area (Å²) in [7, 11) is 2.68. The van der Waals surface area contributed by atoms with Crippen molar-refractivity contribution in [1.29, 1.82) is 0 Å². The second-order valence-electron chi connectivity index (χ2n) is 15.3. The van der Waals surface area contributed by atoms with Crippen molar-refractivity contribution < 1.29 is 28.7 Å². The van der Waals surface area contributed by atoms with Crippen molar-refractivity contribution in [3.8, 4) is 23.1 Å². The van der Waals surface area contributed by atoms with Crippen molar-refractivity contribution in [2.45, 2.75) is 88.4 Å². The fraction of sp³-hybridized carbons (Fsp3) is 0.476. The number of ether oxygens (including phenoxy) is 2. The number of nitrogens with one attached hydrogen (secondary N) is 4. The Morgan fingerprint density at radius 1 is 0.696 bits per heavy atom. The molecule has 0 spiro atoms. The molecule has 0 radical (unpaired) electrons. The van der Waals surface area contributed by atoms with Gasteiger partial charge in [0, 0.05) is 36.3 Å². The zero-order chi connectivity index (χ0) is 38.8. The molecular weight excluding hydrogens is 713 g/mol. The van der Waals surface area contributed by atoms with Gasteiger partial charge in [0.1, 0.15) is 11.6 Å². The van der Waals surface area contributed by atoms with Crippen LogP contribution in [-0.4, -0.2) is 93.1 Å². The van der Waals surface area contributed by atoms with E-state index in [1.165, 1.54) is 14.2 Å². The summed E-state index contributed by atoms with van der Waals surface area (Å²) in [6.45, 7) is 1.33. The number of alkyl carbamates (subject to hydrolysis) is 2. The molecule has 56 heavy (non-hydrogen) atoms. The quantitative estimate of drug-likeness (QED) is 0.173. The smallest absolute Gasteiger partial charge is 0.407 e. The number of aromatic nitrogens is 4. The third kappa shape index (κ3) is 7.54. The number of likely N-dealkylation sites (tertiary alicyclic amines) is 2. The minimum atomic E-state index is -0.501. The summed E-state index contributed by atoms with van der Waals surface area (Å²) < 4.78 is 9.57. The van der Waals surface area contributed by atoms with Crippen LogP contribution in [0.5, 0.6) is 0 Å². The van der Waals surface area contributed by atoms with E-state index >= 15 is 0 Å². The topological polar surface area (TPSA) is 175 Å². The molecule has 2 saturated carbocycles. The zero-order valence-corrected chi connectivity index (χ0v) is 31.8. The Bertz CT molecular complexity index is 2170. The van der Waals surface area contributed by atoms with Crippen LogP contribution < -0.4 is 10.6 Å². The molecule has 4 amide bonds. The second kappa shape index (κ2) is 16.1. The number of benzene rings is 2. The molecule has 4 aliphatic rings. The van der Waals surface area contributed by atoms with Gasteiger partial charge >= 0.3 is 12.2 Å². The van der Waals surface area contributed by atoms with Gasteiger partial charge in [0.05, 0.1) is 61.1 Å². The van der Waals surface area contributed by atoms with Crippen molar-refractivity contribution in [3.05, 3.63) is 71.4 Å². The first-order valence-corrected chi connectivity index (χ1v) is 19.8. The van der Waals surface area contributed by atoms with Gasteiger partial charge in [0.25, 0.3) is 0 Å². The fourth-order valence-corrected chi connectivity index (χ4v) is 9.13. The highest BCUT2D eigenvalue weighted by Gasteiger charge is 2.42. The largest absolute Gasteiger partial charge is 0.453 e. The highest BCUT2D eigenvalue weighted by Crippen LogP contribution is 2.38. The van der Waals surface area contributed by atoms with Crippen LogP contribution in [0.3, 0.4) is 0 Å². The molecule has 4 aromatic rings. The van der Waals surface area contributed by atoms with Crippen LogP contribution in [0.25, 0.3) is 22.3 Å². The Morgan fingerprint density at radius 2 is 1.27 bits per heavy atom. The van der Waals surface area contributed by atoms with E-state index in [2.05, 4.69) is 32.4 Å². The van der Waals surface area contributed by atoms with E-state index in [1.54, 1.807) is 0 Å². The number of methoxy groups -OCH3 is 2. The molecule has 2 aliphatic carbocycles. The number of carbonyl (C=O) groups is 4. The lowest BCUT2D eigenvalue weighted by atomic mass is 10.0. The Hall–Kier alpha value is -5.84. The van der Waals surface area contributed by atoms with Gasteiger partial charge in [-0.25, -0.2) is 19.6 Å². The SMILES string of the molecule is COC(=O)N[C@@H]1CCC[C@H]1C(=O)N1CCC[C@H]1c1ncc(-c2ccc(C#Cc3ccc4nc([C@@H]5CCCN5C(=O)[C@@H]5CCC[C@H]5NC(=O)OC)[nH]c4c3)cc2)[nH]1. The number of hydrogen-bond acceptors (Lipinski definition) is 8. The van der Waals surface area contributed by atoms with Crippen molar-refractivity contribution in [3.63, 3.8) is 0 Å². The molecule has 14 heteroatoms. The number of carbonyl (C=O) groups excluding carboxylic acids is 4.